The number of carboxylic acids is 1. The highest BCUT2D eigenvalue weighted by Gasteiger charge is 2.48. The highest BCUT2D eigenvalue weighted by molar-refractivity contribution is 5.96. The zero-order valence-corrected chi connectivity index (χ0v) is 16.1. The van der Waals surface area contributed by atoms with Gasteiger partial charge in [0, 0.05) is 5.41 Å². The minimum Gasteiger partial charge on any atom is -0.478 e. The van der Waals surface area contributed by atoms with Crippen molar-refractivity contribution in [3.63, 3.8) is 0 Å². The van der Waals surface area contributed by atoms with Gasteiger partial charge in [-0.15, -0.1) is 0 Å². The zero-order chi connectivity index (χ0) is 18.6. The number of carbonyl (C=O) groups is 1. The Hall–Kier alpha value is -2.09. The van der Waals surface area contributed by atoms with Crippen LogP contribution in [0.1, 0.15) is 67.8 Å². The maximum absolute atomic E-state index is 11.8. The molecule has 1 N–H and O–H groups in total. The molecule has 1 aromatic rings. The Balaban J connectivity index is 1.52. The lowest BCUT2D eigenvalue weighted by Crippen LogP contribution is -2.38. The van der Waals surface area contributed by atoms with E-state index >= 15 is 0 Å². The highest BCUT2D eigenvalue weighted by Crippen LogP contribution is 2.61. The van der Waals surface area contributed by atoms with Gasteiger partial charge in [0.2, 0.25) is 0 Å². The maximum Gasteiger partial charge on any atom is 0.336 e. The predicted octanol–water partition coefficient (Wildman–Crippen LogP) is 6.26. The quantitative estimate of drug-likeness (QED) is 0.676. The topological polar surface area (TPSA) is 37.3 Å². The minimum atomic E-state index is -0.834. The van der Waals surface area contributed by atoms with Crippen molar-refractivity contribution in [1.29, 1.82) is 0 Å². The number of rotatable bonds is 2. The Kier molecular flexibility index (Phi) is 3.93. The third-order valence-corrected chi connectivity index (χ3v) is 7.84. The normalized spacial score (nSPS) is 34.6. The lowest BCUT2D eigenvalue weighted by Gasteiger charge is -2.49. The molecule has 0 amide bonds. The average molecular weight is 360 g/mol. The van der Waals surface area contributed by atoms with Crippen LogP contribution in [0.4, 0.5) is 0 Å². The molecule has 2 heteroatoms. The number of carboxylic acid groups (broad SMARTS) is 1. The van der Waals surface area contributed by atoms with Crippen molar-refractivity contribution in [2.45, 2.75) is 51.9 Å². The molecule has 2 fully saturated rings. The van der Waals surface area contributed by atoms with Crippen LogP contribution in [0.5, 0.6) is 0 Å². The Morgan fingerprint density at radius 3 is 2.70 bits per heavy atom. The summed E-state index contributed by atoms with van der Waals surface area (Å²) in [5, 5.41) is 9.67. The number of fused-ring (bicyclic) bond motifs is 5. The number of aromatic carboxylic acids is 1. The van der Waals surface area contributed by atoms with Gasteiger partial charge in [-0.25, -0.2) is 4.79 Å². The van der Waals surface area contributed by atoms with Crippen LogP contribution >= 0.6 is 0 Å². The number of benzene rings is 1. The van der Waals surface area contributed by atoms with E-state index in [0.29, 0.717) is 5.56 Å². The number of hydrogen-bond acceptors (Lipinski definition) is 1. The molecule has 4 atom stereocenters. The van der Waals surface area contributed by atoms with Crippen LogP contribution in [0.3, 0.4) is 0 Å². The molecule has 0 aromatic heterocycles. The van der Waals surface area contributed by atoms with E-state index in [-0.39, 0.29) is 5.41 Å². The summed E-state index contributed by atoms with van der Waals surface area (Å²) in [4.78, 5) is 11.8. The fourth-order valence-corrected chi connectivity index (χ4v) is 6.50. The first-order chi connectivity index (χ1) is 13.1. The lowest BCUT2D eigenvalue weighted by molar-refractivity contribution is 0.0696. The molecule has 0 spiro atoms. The third kappa shape index (κ3) is 2.49. The van der Waals surface area contributed by atoms with Gasteiger partial charge in [0.05, 0.1) is 5.56 Å². The molecule has 2 nitrogen and oxygen atoms in total. The maximum atomic E-state index is 11.8. The van der Waals surface area contributed by atoms with Gasteiger partial charge in [0.15, 0.2) is 0 Å². The van der Waals surface area contributed by atoms with Crippen molar-refractivity contribution in [3.05, 3.63) is 64.8 Å². The molecular weight excluding hydrogens is 332 g/mol. The van der Waals surface area contributed by atoms with Crippen LogP contribution in [0.25, 0.3) is 5.57 Å². The first-order valence-electron chi connectivity index (χ1n) is 10.6. The summed E-state index contributed by atoms with van der Waals surface area (Å²) in [6, 6.07) is 7.50. The van der Waals surface area contributed by atoms with E-state index in [4.69, 9.17) is 0 Å². The molecule has 0 bridgehead atoms. The molecule has 0 saturated heterocycles. The van der Waals surface area contributed by atoms with E-state index in [1.54, 1.807) is 11.6 Å². The Labute approximate surface area is 161 Å². The molecule has 27 heavy (non-hydrogen) atoms. The molecule has 2 saturated carbocycles. The van der Waals surface area contributed by atoms with Crippen molar-refractivity contribution in [2.75, 3.05) is 0 Å². The first kappa shape index (κ1) is 17.0. The molecule has 1 aromatic carbocycles. The van der Waals surface area contributed by atoms with Gasteiger partial charge >= 0.3 is 5.97 Å². The lowest BCUT2D eigenvalue weighted by atomic mass is 9.55. The van der Waals surface area contributed by atoms with Crippen molar-refractivity contribution in [1.82, 2.24) is 0 Å². The Morgan fingerprint density at radius 2 is 1.85 bits per heavy atom. The molecule has 0 aliphatic heterocycles. The van der Waals surface area contributed by atoms with Gasteiger partial charge in [0.25, 0.3) is 0 Å². The van der Waals surface area contributed by atoms with Crippen LogP contribution in [0, 0.1) is 23.2 Å². The Morgan fingerprint density at radius 1 is 1.07 bits per heavy atom. The van der Waals surface area contributed by atoms with E-state index in [2.05, 4.69) is 25.2 Å². The molecule has 0 heterocycles. The first-order valence-corrected chi connectivity index (χ1v) is 10.6. The van der Waals surface area contributed by atoms with Crippen LogP contribution in [-0.4, -0.2) is 11.1 Å². The summed E-state index contributed by atoms with van der Waals surface area (Å²) in [6.45, 7) is 2.33. The zero-order valence-electron chi connectivity index (χ0n) is 16.1. The molecule has 5 rings (SSSR count). The van der Waals surface area contributed by atoms with Gasteiger partial charge in [-0.1, -0.05) is 56.2 Å². The molecule has 140 valence electrons. The highest BCUT2D eigenvalue weighted by atomic mass is 16.4. The van der Waals surface area contributed by atoms with Gasteiger partial charge in [-0.3, -0.25) is 0 Å². The molecular formula is C25H28O2. The second kappa shape index (κ2) is 6.22. The molecule has 1 unspecified atom stereocenters. The van der Waals surface area contributed by atoms with Crippen LogP contribution < -0.4 is 0 Å². The van der Waals surface area contributed by atoms with Gasteiger partial charge in [-0.2, -0.15) is 0 Å². The second-order valence-corrected chi connectivity index (χ2v) is 9.09. The summed E-state index contributed by atoms with van der Waals surface area (Å²) in [7, 11) is 0. The SMILES string of the molecule is C[C@]12CC[C@H]3C(=CCC4CCCC[C@@H]43)C1=CC=C2c1ccccc1C(=O)O. The fraction of sp³-hybridized carbons (Fsp3) is 0.480. The van der Waals surface area contributed by atoms with E-state index < -0.39 is 5.97 Å². The third-order valence-electron chi connectivity index (χ3n) is 7.84. The van der Waals surface area contributed by atoms with E-state index in [9.17, 15) is 9.90 Å². The second-order valence-electron chi connectivity index (χ2n) is 9.09. The summed E-state index contributed by atoms with van der Waals surface area (Å²) in [5.74, 6) is 1.67. The standard InChI is InChI=1S/C25H28O2/c1-25-15-14-18-17-7-3-2-6-16(17)10-11-20(18)23(25)13-12-22(25)19-8-4-5-9-21(19)24(26)27/h4-5,8-9,11-13,16-18H,2-3,6-7,10,14-15H2,1H3,(H,26,27)/t16?,17-,18+,25+/m0/s1. The van der Waals surface area contributed by atoms with Crippen LogP contribution in [0.15, 0.2) is 53.6 Å². The average Bonchev–Trinajstić information content (AvgIpc) is 3.05. The van der Waals surface area contributed by atoms with E-state index in [1.165, 1.54) is 49.7 Å². The molecule has 0 radical (unpaired) electrons. The minimum absolute atomic E-state index is 0.0462. The summed E-state index contributed by atoms with van der Waals surface area (Å²) >= 11 is 0. The van der Waals surface area contributed by atoms with Gasteiger partial charge in [0.1, 0.15) is 0 Å². The largest absolute Gasteiger partial charge is 0.478 e. The fourth-order valence-electron chi connectivity index (χ4n) is 6.50. The number of allylic oxidation sites excluding steroid dienone is 6. The van der Waals surface area contributed by atoms with Crippen molar-refractivity contribution < 1.29 is 9.90 Å². The molecule has 4 aliphatic rings. The monoisotopic (exact) mass is 360 g/mol. The molecule has 4 aliphatic carbocycles. The summed E-state index contributed by atoms with van der Waals surface area (Å²) in [6.07, 6.45) is 16.3. The smallest absolute Gasteiger partial charge is 0.336 e. The number of hydrogen-bond donors (Lipinski definition) is 1. The van der Waals surface area contributed by atoms with Crippen molar-refractivity contribution >= 4 is 11.5 Å². The van der Waals surface area contributed by atoms with E-state index in [0.717, 1.165) is 29.7 Å². The summed E-state index contributed by atoms with van der Waals surface area (Å²) < 4.78 is 0. The Bertz CT molecular complexity index is 887. The predicted molar refractivity (Wildman–Crippen MR) is 108 cm³/mol. The van der Waals surface area contributed by atoms with Crippen molar-refractivity contribution in [3.8, 4) is 0 Å². The van der Waals surface area contributed by atoms with Gasteiger partial charge in [-0.05, 0) is 78.2 Å². The van der Waals surface area contributed by atoms with Crippen molar-refractivity contribution in [2.24, 2.45) is 23.2 Å². The van der Waals surface area contributed by atoms with E-state index in [1.807, 2.05) is 18.2 Å². The van der Waals surface area contributed by atoms with Crippen LogP contribution in [-0.2, 0) is 0 Å². The summed E-state index contributed by atoms with van der Waals surface area (Å²) in [5.41, 5.74) is 5.52. The van der Waals surface area contributed by atoms with Gasteiger partial charge < -0.3 is 5.11 Å². The van der Waals surface area contributed by atoms with Crippen LogP contribution in [0.2, 0.25) is 0 Å².